The van der Waals surface area contributed by atoms with Gasteiger partial charge in [0.15, 0.2) is 0 Å². The van der Waals surface area contributed by atoms with Gasteiger partial charge in [0, 0.05) is 0 Å². The highest BCUT2D eigenvalue weighted by molar-refractivity contribution is 5.94. The molecule has 0 bridgehead atoms. The van der Waals surface area contributed by atoms with E-state index in [2.05, 4.69) is 20.5 Å². The molecule has 2 rings (SSSR count). The second-order valence-electron chi connectivity index (χ2n) is 4.59. The Morgan fingerprint density at radius 2 is 1.94 bits per heavy atom. The molecule has 0 spiro atoms. The van der Waals surface area contributed by atoms with E-state index in [1.807, 2.05) is 0 Å². The van der Waals surface area contributed by atoms with Crippen LogP contribution in [0.1, 0.15) is 49.1 Å². The maximum atomic E-state index is 11.9. The van der Waals surface area contributed by atoms with Crippen molar-refractivity contribution in [1.82, 2.24) is 20.5 Å². The first-order valence-electron chi connectivity index (χ1n) is 6.05. The topological polar surface area (TPSA) is 108 Å². The number of nitrogens with zero attached hydrogens (tertiary/aromatic N) is 2. The van der Waals surface area contributed by atoms with Crippen LogP contribution in [0.25, 0.3) is 0 Å². The summed E-state index contributed by atoms with van der Waals surface area (Å²) in [6.07, 6.45) is 5.77. The first-order valence-corrected chi connectivity index (χ1v) is 6.05. The van der Waals surface area contributed by atoms with Crippen LogP contribution >= 0.6 is 0 Å². The number of carboxylic acids is 1. The Hall–Kier alpha value is -1.92. The van der Waals surface area contributed by atoms with Crippen LogP contribution in [0.2, 0.25) is 0 Å². The number of hydrogen-bond donors (Lipinski definition) is 3. The molecule has 0 radical (unpaired) electrons. The summed E-state index contributed by atoms with van der Waals surface area (Å²) in [7, 11) is 0. The average molecular weight is 252 g/mol. The summed E-state index contributed by atoms with van der Waals surface area (Å²) >= 11 is 0. The second-order valence-corrected chi connectivity index (χ2v) is 4.59. The second kappa shape index (κ2) is 5.16. The minimum atomic E-state index is -1.17. The van der Waals surface area contributed by atoms with Crippen LogP contribution in [0.4, 0.5) is 0 Å². The number of nitrogens with one attached hydrogen (secondary N) is 2. The molecular formula is C11H16N4O3. The van der Waals surface area contributed by atoms with Crippen LogP contribution in [-0.4, -0.2) is 37.7 Å². The first kappa shape index (κ1) is 12.5. The number of rotatable bonds is 3. The Labute approximate surface area is 104 Å². The number of carboxylic acid groups (broad SMARTS) is 1. The van der Waals surface area contributed by atoms with E-state index in [4.69, 9.17) is 0 Å². The number of aromatic nitrogens is 3. The lowest BCUT2D eigenvalue weighted by atomic mass is 9.90. The first-order chi connectivity index (χ1) is 8.64. The van der Waals surface area contributed by atoms with Crippen molar-refractivity contribution in [3.8, 4) is 0 Å². The summed E-state index contributed by atoms with van der Waals surface area (Å²) in [5, 5.41) is 18.0. The van der Waals surface area contributed by atoms with Crippen molar-refractivity contribution in [2.45, 2.75) is 44.1 Å². The third-order valence-corrected chi connectivity index (χ3v) is 3.35. The van der Waals surface area contributed by atoms with E-state index in [1.54, 1.807) is 0 Å². The van der Waals surface area contributed by atoms with E-state index in [9.17, 15) is 14.7 Å². The van der Waals surface area contributed by atoms with Crippen LogP contribution in [0.3, 0.4) is 0 Å². The van der Waals surface area contributed by atoms with Crippen LogP contribution in [-0.2, 0) is 4.79 Å². The van der Waals surface area contributed by atoms with Gasteiger partial charge in [-0.15, -0.1) is 0 Å². The molecule has 1 aliphatic rings. The fourth-order valence-electron chi connectivity index (χ4n) is 2.32. The summed E-state index contributed by atoms with van der Waals surface area (Å²) < 4.78 is 0. The Bertz CT molecular complexity index is 422. The van der Waals surface area contributed by atoms with Crippen molar-refractivity contribution in [2.75, 3.05) is 0 Å². The van der Waals surface area contributed by atoms with E-state index in [-0.39, 0.29) is 5.82 Å². The van der Waals surface area contributed by atoms with Gasteiger partial charge in [0.25, 0.3) is 5.91 Å². The quantitative estimate of drug-likeness (QED) is 0.687. The molecule has 7 heteroatoms. The predicted octanol–water partition coefficient (Wildman–Crippen LogP) is 0.712. The molecule has 0 atom stereocenters. The lowest BCUT2D eigenvalue weighted by Gasteiger charge is -2.28. The van der Waals surface area contributed by atoms with Gasteiger partial charge in [-0.05, 0) is 12.8 Å². The molecule has 1 aliphatic carbocycles. The van der Waals surface area contributed by atoms with Gasteiger partial charge >= 0.3 is 5.97 Å². The van der Waals surface area contributed by atoms with Crippen molar-refractivity contribution < 1.29 is 14.7 Å². The summed E-state index contributed by atoms with van der Waals surface area (Å²) in [5.74, 6) is -1.45. The van der Waals surface area contributed by atoms with Crippen molar-refractivity contribution >= 4 is 11.9 Å². The molecule has 1 saturated carbocycles. The number of aliphatic carboxylic acids is 1. The molecule has 1 fully saturated rings. The molecule has 7 nitrogen and oxygen atoms in total. The van der Waals surface area contributed by atoms with Crippen LogP contribution < -0.4 is 5.32 Å². The summed E-state index contributed by atoms with van der Waals surface area (Å²) in [4.78, 5) is 27.1. The maximum Gasteiger partial charge on any atom is 0.329 e. The van der Waals surface area contributed by atoms with E-state index in [0.717, 1.165) is 25.7 Å². The van der Waals surface area contributed by atoms with E-state index >= 15 is 0 Å². The minimum Gasteiger partial charge on any atom is -0.480 e. The van der Waals surface area contributed by atoms with Gasteiger partial charge in [-0.1, -0.05) is 25.7 Å². The van der Waals surface area contributed by atoms with Gasteiger partial charge in [-0.3, -0.25) is 9.89 Å². The third kappa shape index (κ3) is 2.49. The SMILES string of the molecule is O=C(NC1(C(=O)O)CCCCCC1)c1ncn[nH]1. The number of amides is 1. The third-order valence-electron chi connectivity index (χ3n) is 3.35. The highest BCUT2D eigenvalue weighted by atomic mass is 16.4. The zero-order chi connectivity index (χ0) is 13.0. The molecule has 3 N–H and O–H groups in total. The Morgan fingerprint density at radius 3 is 2.44 bits per heavy atom. The van der Waals surface area contributed by atoms with Crippen molar-refractivity contribution in [3.63, 3.8) is 0 Å². The monoisotopic (exact) mass is 252 g/mol. The Kier molecular flexibility index (Phi) is 3.59. The molecule has 1 amide bonds. The largest absolute Gasteiger partial charge is 0.480 e. The smallest absolute Gasteiger partial charge is 0.329 e. The number of H-pyrrole nitrogens is 1. The van der Waals surface area contributed by atoms with E-state index < -0.39 is 17.4 Å². The van der Waals surface area contributed by atoms with E-state index in [0.29, 0.717) is 12.8 Å². The van der Waals surface area contributed by atoms with Crippen LogP contribution in [0, 0.1) is 0 Å². The van der Waals surface area contributed by atoms with Crippen LogP contribution in [0.15, 0.2) is 6.33 Å². The Balaban J connectivity index is 2.15. The molecule has 18 heavy (non-hydrogen) atoms. The van der Waals surface area contributed by atoms with Gasteiger partial charge < -0.3 is 10.4 Å². The highest BCUT2D eigenvalue weighted by Crippen LogP contribution is 2.27. The highest BCUT2D eigenvalue weighted by Gasteiger charge is 2.40. The molecule has 0 saturated heterocycles. The fourth-order valence-corrected chi connectivity index (χ4v) is 2.32. The lowest BCUT2D eigenvalue weighted by molar-refractivity contribution is -0.145. The summed E-state index contributed by atoms with van der Waals surface area (Å²) in [5.41, 5.74) is -1.17. The number of carbonyl (C=O) groups is 2. The molecule has 1 aromatic heterocycles. The van der Waals surface area contributed by atoms with Crippen molar-refractivity contribution in [1.29, 1.82) is 0 Å². The van der Waals surface area contributed by atoms with Crippen molar-refractivity contribution in [2.24, 2.45) is 0 Å². The molecular weight excluding hydrogens is 236 g/mol. The average Bonchev–Trinajstić information content (AvgIpc) is 2.77. The van der Waals surface area contributed by atoms with Gasteiger partial charge in [0.05, 0.1) is 0 Å². The molecule has 0 unspecified atom stereocenters. The zero-order valence-electron chi connectivity index (χ0n) is 9.98. The van der Waals surface area contributed by atoms with Gasteiger partial charge in [-0.2, -0.15) is 5.10 Å². The number of carbonyl (C=O) groups excluding carboxylic acids is 1. The van der Waals surface area contributed by atoms with Crippen molar-refractivity contribution in [3.05, 3.63) is 12.2 Å². The zero-order valence-corrected chi connectivity index (χ0v) is 9.98. The molecule has 98 valence electrons. The van der Waals surface area contributed by atoms with Gasteiger partial charge in [0.2, 0.25) is 5.82 Å². The summed E-state index contributed by atoms with van der Waals surface area (Å²) in [6.45, 7) is 0. The molecule has 1 heterocycles. The standard InChI is InChI=1S/C11H16N4O3/c16-9(8-12-7-13-15-8)14-11(10(17)18)5-3-1-2-4-6-11/h7H,1-6H2,(H,14,16)(H,17,18)(H,12,13,15). The summed E-state index contributed by atoms with van der Waals surface area (Å²) in [6, 6.07) is 0. The predicted molar refractivity (Wildman–Crippen MR) is 61.9 cm³/mol. The van der Waals surface area contributed by atoms with E-state index in [1.165, 1.54) is 6.33 Å². The molecule has 0 aromatic carbocycles. The van der Waals surface area contributed by atoms with Gasteiger partial charge in [0.1, 0.15) is 11.9 Å². The number of hydrogen-bond acceptors (Lipinski definition) is 4. The lowest BCUT2D eigenvalue weighted by Crippen LogP contribution is -2.54. The van der Waals surface area contributed by atoms with Gasteiger partial charge in [-0.25, -0.2) is 9.78 Å². The molecule has 0 aliphatic heterocycles. The Morgan fingerprint density at radius 1 is 1.28 bits per heavy atom. The fraction of sp³-hybridized carbons (Fsp3) is 0.636. The normalized spacial score (nSPS) is 18.9. The minimum absolute atomic E-state index is 0.0415. The maximum absolute atomic E-state index is 11.9. The number of aromatic amines is 1. The van der Waals surface area contributed by atoms with Crippen LogP contribution in [0.5, 0.6) is 0 Å². The molecule has 1 aromatic rings.